The van der Waals surface area contributed by atoms with Gasteiger partial charge in [0.05, 0.1) is 12.2 Å². The third kappa shape index (κ3) is 5.52. The van der Waals surface area contributed by atoms with Gasteiger partial charge in [0, 0.05) is 32.4 Å². The molecular formula is C16H19F3N6O2S. The van der Waals surface area contributed by atoms with Gasteiger partial charge in [-0.15, -0.1) is 10.2 Å². The maximum atomic E-state index is 12.3. The zero-order chi connectivity index (χ0) is 20.2. The molecule has 0 unspecified atom stereocenters. The predicted octanol–water partition coefficient (Wildman–Crippen LogP) is 2.02. The number of nitrogens with one attached hydrogen (secondary N) is 1. The maximum absolute atomic E-state index is 12.3. The summed E-state index contributed by atoms with van der Waals surface area (Å²) < 4.78 is 62.1. The monoisotopic (exact) mass is 416 g/mol. The second-order valence-electron chi connectivity index (χ2n) is 6.18. The minimum atomic E-state index is -4.49. The highest BCUT2D eigenvalue weighted by Crippen LogP contribution is 2.22. The molecule has 0 atom stereocenters. The van der Waals surface area contributed by atoms with Crippen molar-refractivity contribution in [1.29, 1.82) is 0 Å². The molecule has 12 heteroatoms. The Morgan fingerprint density at radius 1 is 1.00 bits per heavy atom. The topological polar surface area (TPSA) is 91.3 Å². The van der Waals surface area contributed by atoms with Gasteiger partial charge in [0.25, 0.3) is 0 Å². The standard InChI is InChI=1S/C16H19F3N6O2S/c17-16(18,19)6-12-28(26,27)25-10-8-24(9-11-25)15-5-4-14(22-23-15)21-13-3-1-2-7-20-13/h1-5,7H,6,8-12H2,(H,20,21,22). The average molecular weight is 416 g/mol. The van der Waals surface area contributed by atoms with Gasteiger partial charge >= 0.3 is 6.18 Å². The number of sulfonamides is 1. The lowest BCUT2D eigenvalue weighted by molar-refractivity contribution is -0.130. The molecule has 1 fully saturated rings. The van der Waals surface area contributed by atoms with Crippen LogP contribution in [0.25, 0.3) is 0 Å². The largest absolute Gasteiger partial charge is 0.390 e. The summed E-state index contributed by atoms with van der Waals surface area (Å²) in [6, 6.07) is 8.88. The summed E-state index contributed by atoms with van der Waals surface area (Å²) in [7, 11) is -3.93. The third-order valence-corrected chi connectivity index (χ3v) is 6.04. The number of rotatable bonds is 6. The van der Waals surface area contributed by atoms with Crippen LogP contribution in [0.2, 0.25) is 0 Å². The zero-order valence-corrected chi connectivity index (χ0v) is 15.6. The maximum Gasteiger partial charge on any atom is 0.390 e. The smallest absolute Gasteiger partial charge is 0.352 e. The average Bonchev–Trinajstić information content (AvgIpc) is 2.68. The van der Waals surface area contributed by atoms with Crippen molar-refractivity contribution in [1.82, 2.24) is 19.5 Å². The van der Waals surface area contributed by atoms with Crippen molar-refractivity contribution >= 4 is 27.5 Å². The molecule has 152 valence electrons. The highest BCUT2D eigenvalue weighted by molar-refractivity contribution is 7.89. The van der Waals surface area contributed by atoms with E-state index < -0.39 is 28.4 Å². The predicted molar refractivity (Wildman–Crippen MR) is 97.8 cm³/mol. The second kappa shape index (κ2) is 8.27. The molecule has 0 radical (unpaired) electrons. The van der Waals surface area contributed by atoms with E-state index in [1.807, 2.05) is 11.0 Å². The molecule has 2 aromatic heterocycles. The molecule has 0 amide bonds. The molecule has 1 N–H and O–H groups in total. The minimum Gasteiger partial charge on any atom is -0.352 e. The fourth-order valence-electron chi connectivity index (χ4n) is 2.70. The van der Waals surface area contributed by atoms with Gasteiger partial charge < -0.3 is 10.2 Å². The van der Waals surface area contributed by atoms with Gasteiger partial charge in [-0.25, -0.2) is 13.4 Å². The number of pyridine rings is 1. The summed E-state index contributed by atoms with van der Waals surface area (Å²) in [5.41, 5.74) is 0. The van der Waals surface area contributed by atoms with Crippen LogP contribution in [0.4, 0.5) is 30.6 Å². The molecular weight excluding hydrogens is 397 g/mol. The summed E-state index contributed by atoms with van der Waals surface area (Å²) in [5, 5.41) is 11.2. The van der Waals surface area contributed by atoms with Gasteiger partial charge in [0.2, 0.25) is 10.0 Å². The molecule has 0 saturated carbocycles. The molecule has 8 nitrogen and oxygen atoms in total. The van der Waals surface area contributed by atoms with Crippen molar-refractivity contribution in [2.24, 2.45) is 0 Å². The van der Waals surface area contributed by atoms with E-state index in [2.05, 4.69) is 20.5 Å². The van der Waals surface area contributed by atoms with Crippen molar-refractivity contribution in [2.45, 2.75) is 12.6 Å². The van der Waals surface area contributed by atoms with Crippen LogP contribution in [0.15, 0.2) is 36.5 Å². The summed E-state index contributed by atoms with van der Waals surface area (Å²) in [5.74, 6) is 0.779. The Morgan fingerprint density at radius 2 is 1.75 bits per heavy atom. The van der Waals surface area contributed by atoms with Crippen LogP contribution in [0.5, 0.6) is 0 Å². The Bertz CT molecular complexity index is 870. The lowest BCUT2D eigenvalue weighted by Crippen LogP contribution is -2.49. The Labute approximate surface area is 160 Å². The van der Waals surface area contributed by atoms with Crippen LogP contribution in [-0.4, -0.2) is 66.0 Å². The summed E-state index contributed by atoms with van der Waals surface area (Å²) >= 11 is 0. The molecule has 1 aliphatic heterocycles. The summed E-state index contributed by atoms with van der Waals surface area (Å²) in [4.78, 5) is 5.97. The Morgan fingerprint density at radius 3 is 2.32 bits per heavy atom. The van der Waals surface area contributed by atoms with Crippen molar-refractivity contribution in [3.63, 3.8) is 0 Å². The van der Waals surface area contributed by atoms with Crippen LogP contribution in [0, 0.1) is 0 Å². The molecule has 2 aromatic rings. The van der Waals surface area contributed by atoms with E-state index in [1.54, 1.807) is 30.5 Å². The number of hydrogen-bond donors (Lipinski definition) is 1. The minimum absolute atomic E-state index is 0.107. The molecule has 0 aliphatic carbocycles. The number of alkyl halides is 3. The fraction of sp³-hybridized carbons (Fsp3) is 0.438. The first-order valence-electron chi connectivity index (χ1n) is 8.54. The third-order valence-electron chi connectivity index (χ3n) is 4.17. The van der Waals surface area contributed by atoms with Crippen molar-refractivity contribution in [3.8, 4) is 0 Å². The van der Waals surface area contributed by atoms with E-state index in [0.29, 0.717) is 30.5 Å². The lowest BCUT2D eigenvalue weighted by Gasteiger charge is -2.34. The molecule has 3 heterocycles. The Kier molecular flexibility index (Phi) is 5.98. The highest BCUT2D eigenvalue weighted by atomic mass is 32.2. The summed E-state index contributed by atoms with van der Waals surface area (Å²) in [6.45, 7) is 0.867. The molecule has 1 aliphatic rings. The van der Waals surface area contributed by atoms with Gasteiger partial charge in [-0.05, 0) is 24.3 Å². The molecule has 1 saturated heterocycles. The number of halogens is 3. The van der Waals surface area contributed by atoms with Gasteiger partial charge in [0.1, 0.15) is 5.82 Å². The zero-order valence-electron chi connectivity index (χ0n) is 14.8. The van der Waals surface area contributed by atoms with Crippen LogP contribution in [0.3, 0.4) is 0 Å². The molecule has 3 rings (SSSR count). The van der Waals surface area contributed by atoms with Crippen LogP contribution in [-0.2, 0) is 10.0 Å². The van der Waals surface area contributed by atoms with Gasteiger partial charge in [-0.3, -0.25) is 0 Å². The number of anilines is 3. The Hall–Kier alpha value is -2.47. The first-order valence-corrected chi connectivity index (χ1v) is 10.2. The van der Waals surface area contributed by atoms with E-state index in [4.69, 9.17) is 0 Å². The van der Waals surface area contributed by atoms with Gasteiger partial charge in [-0.2, -0.15) is 17.5 Å². The van der Waals surface area contributed by atoms with Crippen molar-refractivity contribution < 1.29 is 21.6 Å². The number of nitrogens with zero attached hydrogens (tertiary/aromatic N) is 5. The molecule has 0 bridgehead atoms. The molecule has 28 heavy (non-hydrogen) atoms. The highest BCUT2D eigenvalue weighted by Gasteiger charge is 2.33. The lowest BCUT2D eigenvalue weighted by atomic mass is 10.3. The first-order chi connectivity index (χ1) is 13.2. The van der Waals surface area contributed by atoms with Crippen LogP contribution < -0.4 is 10.2 Å². The van der Waals surface area contributed by atoms with Crippen molar-refractivity contribution in [2.75, 3.05) is 42.1 Å². The van der Waals surface area contributed by atoms with E-state index in [0.717, 1.165) is 4.31 Å². The van der Waals surface area contributed by atoms with Gasteiger partial charge in [-0.1, -0.05) is 6.07 Å². The number of aromatic nitrogens is 3. The first kappa shape index (κ1) is 20.3. The van der Waals surface area contributed by atoms with Gasteiger partial charge in [0.15, 0.2) is 11.6 Å². The quantitative estimate of drug-likeness (QED) is 0.770. The fourth-order valence-corrected chi connectivity index (χ4v) is 4.16. The van der Waals surface area contributed by atoms with E-state index in [-0.39, 0.29) is 13.1 Å². The van der Waals surface area contributed by atoms with E-state index in [1.165, 1.54) is 0 Å². The van der Waals surface area contributed by atoms with E-state index in [9.17, 15) is 21.6 Å². The summed E-state index contributed by atoms with van der Waals surface area (Å²) in [6.07, 6.45) is -4.19. The molecule has 0 spiro atoms. The molecule has 0 aromatic carbocycles. The normalized spacial score (nSPS) is 16.2. The van der Waals surface area contributed by atoms with Crippen molar-refractivity contribution in [3.05, 3.63) is 36.5 Å². The number of piperazine rings is 1. The second-order valence-corrected chi connectivity index (χ2v) is 8.27. The van der Waals surface area contributed by atoms with E-state index >= 15 is 0 Å². The Balaban J connectivity index is 1.54. The number of hydrogen-bond acceptors (Lipinski definition) is 7. The van der Waals surface area contributed by atoms with Crippen LogP contribution >= 0.6 is 0 Å². The SMILES string of the molecule is O=S(=O)(CCC(F)(F)F)N1CCN(c2ccc(Nc3ccccn3)nn2)CC1. The van der Waals surface area contributed by atoms with Crippen LogP contribution in [0.1, 0.15) is 6.42 Å².